The molecular formula is C30H28ClFN6O2S. The SMILES string of the molecule is O=S(=O)(Nc1ccc(Nc2cc(-c3ccc4c(ccn4CCN4CCCC4)c3)ncn2)cc1)c1ccc(F)c(Cl)c1. The summed E-state index contributed by atoms with van der Waals surface area (Å²) in [6.45, 7) is 4.45. The number of nitrogens with zero attached hydrogens (tertiary/aromatic N) is 4. The van der Waals surface area contributed by atoms with Crippen LogP contribution in [0.1, 0.15) is 12.8 Å². The zero-order valence-corrected chi connectivity index (χ0v) is 23.7. The highest BCUT2D eigenvalue weighted by molar-refractivity contribution is 7.92. The molecule has 0 radical (unpaired) electrons. The summed E-state index contributed by atoms with van der Waals surface area (Å²) in [6, 6.07) is 20.3. The predicted molar refractivity (Wildman–Crippen MR) is 161 cm³/mol. The van der Waals surface area contributed by atoms with E-state index in [2.05, 4.69) is 59.9 Å². The molecule has 2 aromatic heterocycles. The van der Waals surface area contributed by atoms with Crippen LogP contribution in [0.5, 0.6) is 0 Å². The number of likely N-dealkylation sites (tertiary alicyclic amines) is 1. The molecule has 3 aromatic carbocycles. The second-order valence-electron chi connectivity index (χ2n) is 10.0. The quantitative estimate of drug-likeness (QED) is 0.203. The standard InChI is InChI=1S/C30H28ClFN6O2S/c31-26-18-25(8-9-27(26)32)41(39,40)36-24-6-4-23(5-7-24)35-30-19-28(33-20-34-30)21-3-10-29-22(17-21)11-14-38(29)16-15-37-12-1-2-13-37/h3-11,14,17-20,36H,1-2,12-13,15-16H2,(H,33,34,35). The van der Waals surface area contributed by atoms with Crippen LogP contribution in [0.15, 0.2) is 90.2 Å². The van der Waals surface area contributed by atoms with E-state index in [1.54, 1.807) is 24.3 Å². The Labute approximate surface area is 242 Å². The van der Waals surface area contributed by atoms with Gasteiger partial charge in [-0.05, 0) is 86.6 Å². The van der Waals surface area contributed by atoms with Crippen molar-refractivity contribution in [3.63, 3.8) is 0 Å². The average Bonchev–Trinajstić information content (AvgIpc) is 3.64. The van der Waals surface area contributed by atoms with E-state index in [0.29, 0.717) is 17.2 Å². The van der Waals surface area contributed by atoms with Crippen LogP contribution in [0.2, 0.25) is 5.02 Å². The van der Waals surface area contributed by atoms with Crippen molar-refractivity contribution >= 4 is 49.7 Å². The lowest BCUT2D eigenvalue weighted by molar-refractivity contribution is 0.324. The van der Waals surface area contributed by atoms with Gasteiger partial charge in [-0.1, -0.05) is 17.7 Å². The van der Waals surface area contributed by atoms with Gasteiger partial charge in [-0.25, -0.2) is 22.8 Å². The molecule has 5 aromatic rings. The van der Waals surface area contributed by atoms with E-state index in [0.717, 1.165) is 47.9 Å². The highest BCUT2D eigenvalue weighted by Crippen LogP contribution is 2.27. The molecule has 3 heterocycles. The minimum Gasteiger partial charge on any atom is -0.346 e. The van der Waals surface area contributed by atoms with E-state index < -0.39 is 15.8 Å². The Kier molecular flexibility index (Phi) is 7.61. The van der Waals surface area contributed by atoms with Crippen molar-refractivity contribution in [2.45, 2.75) is 24.3 Å². The lowest BCUT2D eigenvalue weighted by Crippen LogP contribution is -2.23. The number of nitrogens with one attached hydrogen (secondary N) is 2. The van der Waals surface area contributed by atoms with Crippen molar-refractivity contribution in [1.29, 1.82) is 0 Å². The Hall–Kier alpha value is -3.99. The fourth-order valence-corrected chi connectivity index (χ4v) is 6.35. The van der Waals surface area contributed by atoms with Crippen LogP contribution in [-0.2, 0) is 16.6 Å². The molecule has 11 heteroatoms. The van der Waals surface area contributed by atoms with Crippen LogP contribution in [0.4, 0.5) is 21.6 Å². The number of rotatable bonds is 9. The van der Waals surface area contributed by atoms with E-state index in [1.807, 2.05) is 6.07 Å². The number of halogens is 2. The summed E-state index contributed by atoms with van der Waals surface area (Å²) < 4.78 is 43.5. The van der Waals surface area contributed by atoms with Gasteiger partial charge in [0.25, 0.3) is 10.0 Å². The number of hydrogen-bond acceptors (Lipinski definition) is 6. The molecule has 1 aliphatic rings. The minimum absolute atomic E-state index is 0.128. The molecule has 0 saturated carbocycles. The molecule has 0 unspecified atom stereocenters. The number of aromatic nitrogens is 3. The lowest BCUT2D eigenvalue weighted by atomic mass is 10.1. The van der Waals surface area contributed by atoms with Crippen molar-refractivity contribution < 1.29 is 12.8 Å². The summed E-state index contributed by atoms with van der Waals surface area (Å²) in [5.74, 6) is -0.0792. The Morgan fingerprint density at radius 1 is 0.878 bits per heavy atom. The molecular weight excluding hydrogens is 563 g/mol. The largest absolute Gasteiger partial charge is 0.346 e. The van der Waals surface area contributed by atoms with Crippen LogP contribution < -0.4 is 10.0 Å². The Morgan fingerprint density at radius 2 is 1.66 bits per heavy atom. The smallest absolute Gasteiger partial charge is 0.261 e. The molecule has 2 N–H and O–H groups in total. The molecule has 1 fully saturated rings. The van der Waals surface area contributed by atoms with Gasteiger partial charge in [-0.15, -0.1) is 0 Å². The minimum atomic E-state index is -3.93. The maximum absolute atomic E-state index is 13.4. The van der Waals surface area contributed by atoms with Crippen molar-refractivity contribution in [2.75, 3.05) is 29.7 Å². The van der Waals surface area contributed by atoms with Gasteiger partial charge < -0.3 is 14.8 Å². The third-order valence-corrected chi connectivity index (χ3v) is 8.87. The van der Waals surface area contributed by atoms with Gasteiger partial charge in [0, 0.05) is 53.2 Å². The van der Waals surface area contributed by atoms with Crippen LogP contribution in [0.25, 0.3) is 22.2 Å². The molecule has 0 amide bonds. The lowest BCUT2D eigenvalue weighted by Gasteiger charge is -2.15. The second-order valence-corrected chi connectivity index (χ2v) is 12.1. The first kappa shape index (κ1) is 27.2. The molecule has 0 atom stereocenters. The van der Waals surface area contributed by atoms with Crippen LogP contribution >= 0.6 is 11.6 Å². The monoisotopic (exact) mass is 590 g/mol. The molecule has 8 nitrogen and oxygen atoms in total. The molecule has 1 saturated heterocycles. The molecule has 0 bridgehead atoms. The first-order valence-electron chi connectivity index (χ1n) is 13.3. The van der Waals surface area contributed by atoms with Crippen LogP contribution in [0, 0.1) is 5.82 Å². The summed E-state index contributed by atoms with van der Waals surface area (Å²) >= 11 is 5.74. The number of fused-ring (bicyclic) bond motifs is 1. The third-order valence-electron chi connectivity index (χ3n) is 7.20. The van der Waals surface area contributed by atoms with E-state index >= 15 is 0 Å². The van der Waals surface area contributed by atoms with Crippen molar-refractivity contribution in [1.82, 2.24) is 19.4 Å². The molecule has 0 aliphatic carbocycles. The maximum atomic E-state index is 13.4. The van der Waals surface area contributed by atoms with E-state index in [-0.39, 0.29) is 9.92 Å². The highest BCUT2D eigenvalue weighted by Gasteiger charge is 2.16. The molecule has 41 heavy (non-hydrogen) atoms. The number of sulfonamides is 1. The van der Waals surface area contributed by atoms with E-state index in [1.165, 1.54) is 37.8 Å². The van der Waals surface area contributed by atoms with Gasteiger partial charge in [0.1, 0.15) is 18.0 Å². The predicted octanol–water partition coefficient (Wildman–Crippen LogP) is 6.53. The second kappa shape index (κ2) is 11.5. The van der Waals surface area contributed by atoms with Crippen molar-refractivity contribution in [3.8, 4) is 11.3 Å². The first-order valence-corrected chi connectivity index (χ1v) is 15.2. The maximum Gasteiger partial charge on any atom is 0.261 e. The van der Waals surface area contributed by atoms with Crippen molar-refractivity contribution in [2.24, 2.45) is 0 Å². The van der Waals surface area contributed by atoms with E-state index in [4.69, 9.17) is 11.6 Å². The van der Waals surface area contributed by atoms with Gasteiger partial charge in [-0.2, -0.15) is 0 Å². The Bertz CT molecular complexity index is 1800. The van der Waals surface area contributed by atoms with Gasteiger partial charge >= 0.3 is 0 Å². The molecule has 1 aliphatic heterocycles. The molecule has 0 spiro atoms. The highest BCUT2D eigenvalue weighted by atomic mass is 35.5. The van der Waals surface area contributed by atoms with Crippen molar-refractivity contribution in [3.05, 3.63) is 96.2 Å². The summed E-state index contributed by atoms with van der Waals surface area (Å²) in [5.41, 5.74) is 4.05. The first-order chi connectivity index (χ1) is 19.8. The fourth-order valence-electron chi connectivity index (χ4n) is 5.02. The molecule has 210 valence electrons. The average molecular weight is 591 g/mol. The summed E-state index contributed by atoms with van der Waals surface area (Å²) in [4.78, 5) is 11.2. The van der Waals surface area contributed by atoms with Gasteiger partial charge in [0.2, 0.25) is 0 Å². The number of anilines is 3. The topological polar surface area (TPSA) is 92.2 Å². The fraction of sp³-hybridized carbons (Fsp3) is 0.200. The Morgan fingerprint density at radius 3 is 2.44 bits per heavy atom. The van der Waals surface area contributed by atoms with Crippen LogP contribution in [-0.4, -0.2) is 47.5 Å². The zero-order valence-electron chi connectivity index (χ0n) is 22.1. The normalized spacial score (nSPS) is 14.0. The Balaban J connectivity index is 1.13. The summed E-state index contributed by atoms with van der Waals surface area (Å²) in [7, 11) is -3.93. The molecule has 6 rings (SSSR count). The summed E-state index contributed by atoms with van der Waals surface area (Å²) in [5, 5.41) is 4.14. The van der Waals surface area contributed by atoms with Gasteiger partial charge in [0.15, 0.2) is 0 Å². The van der Waals surface area contributed by atoms with Crippen LogP contribution in [0.3, 0.4) is 0 Å². The summed E-state index contributed by atoms with van der Waals surface area (Å²) in [6.07, 6.45) is 6.26. The number of hydrogen-bond donors (Lipinski definition) is 2. The third kappa shape index (κ3) is 6.19. The zero-order chi connectivity index (χ0) is 28.4. The van der Waals surface area contributed by atoms with Gasteiger partial charge in [-0.3, -0.25) is 4.72 Å². The number of benzene rings is 3. The van der Waals surface area contributed by atoms with E-state index in [9.17, 15) is 12.8 Å². The van der Waals surface area contributed by atoms with Gasteiger partial charge in [0.05, 0.1) is 15.6 Å².